The van der Waals surface area contributed by atoms with Crippen LogP contribution in [0.3, 0.4) is 0 Å². The number of halogens is 5. The van der Waals surface area contributed by atoms with Crippen LogP contribution in [0.4, 0.5) is 13.2 Å². The molecule has 2 rings (SSSR count). The van der Waals surface area contributed by atoms with Crippen LogP contribution >= 0.6 is 23.2 Å². The number of aromatic nitrogens is 1. The highest BCUT2D eigenvalue weighted by atomic mass is 35.5. The molecule has 0 aromatic carbocycles. The molecule has 2 atom stereocenters. The zero-order valence-electron chi connectivity index (χ0n) is 10.4. The van der Waals surface area contributed by atoms with E-state index in [1.165, 1.54) is 6.07 Å². The Morgan fingerprint density at radius 3 is 2.33 bits per heavy atom. The van der Waals surface area contributed by atoms with Gasteiger partial charge in [-0.1, -0.05) is 23.2 Å². The van der Waals surface area contributed by atoms with Crippen molar-refractivity contribution in [3.63, 3.8) is 0 Å². The van der Waals surface area contributed by atoms with Crippen molar-refractivity contribution >= 4 is 35.0 Å². The molecule has 3 N–H and O–H groups in total. The average Bonchev–Trinajstić information content (AvgIpc) is 2.93. The number of hydrogen-bond acceptors (Lipinski definition) is 2. The quantitative estimate of drug-likeness (QED) is 0.861. The molecule has 1 saturated heterocycles. The number of carbonyl (C=O) groups excluding carboxylic acids is 2. The normalized spacial score (nSPS) is 22.6. The maximum Gasteiger partial charge on any atom is 0.394 e. The Morgan fingerprint density at radius 2 is 1.95 bits per heavy atom. The van der Waals surface area contributed by atoms with Gasteiger partial charge in [0.25, 0.3) is 5.91 Å². The smallest absolute Gasteiger partial charge is 0.369 e. The molecule has 2 heterocycles. The van der Waals surface area contributed by atoms with E-state index in [-0.39, 0.29) is 15.9 Å². The first-order chi connectivity index (χ1) is 9.61. The van der Waals surface area contributed by atoms with Gasteiger partial charge >= 0.3 is 6.18 Å². The number of amides is 2. The molecule has 1 aromatic heterocycles. The molecule has 2 amide bonds. The number of nitrogens with two attached hydrogens (primary N) is 1. The largest absolute Gasteiger partial charge is 0.394 e. The number of nitrogens with zero attached hydrogens (tertiary/aromatic N) is 1. The van der Waals surface area contributed by atoms with Gasteiger partial charge in [0, 0.05) is 13.1 Å². The van der Waals surface area contributed by atoms with E-state index >= 15 is 0 Å². The predicted molar refractivity (Wildman–Crippen MR) is 68.9 cm³/mol. The van der Waals surface area contributed by atoms with Gasteiger partial charge in [0.1, 0.15) is 10.8 Å². The van der Waals surface area contributed by atoms with Gasteiger partial charge in [-0.15, -0.1) is 0 Å². The van der Waals surface area contributed by atoms with Gasteiger partial charge in [-0.3, -0.25) is 9.59 Å². The summed E-state index contributed by atoms with van der Waals surface area (Å²) in [7, 11) is 0. The molecule has 0 bridgehead atoms. The highest BCUT2D eigenvalue weighted by Gasteiger charge is 2.52. The first-order valence-corrected chi connectivity index (χ1v) is 6.56. The number of carbonyl (C=O) groups is 2. The minimum Gasteiger partial charge on any atom is -0.369 e. The van der Waals surface area contributed by atoms with Crippen molar-refractivity contribution in [1.29, 1.82) is 0 Å². The first kappa shape index (κ1) is 16.0. The lowest BCUT2D eigenvalue weighted by Gasteiger charge is -2.18. The Labute approximate surface area is 127 Å². The van der Waals surface area contributed by atoms with Crippen LogP contribution in [-0.2, 0) is 4.79 Å². The minimum absolute atomic E-state index is 0.0121. The van der Waals surface area contributed by atoms with Crippen LogP contribution in [0.5, 0.6) is 0 Å². The molecule has 0 radical (unpaired) electrons. The molecular weight excluding hydrogens is 334 g/mol. The molecule has 0 saturated carbocycles. The van der Waals surface area contributed by atoms with E-state index in [0.29, 0.717) is 0 Å². The van der Waals surface area contributed by atoms with Crippen molar-refractivity contribution in [2.24, 2.45) is 17.6 Å². The molecule has 1 aliphatic heterocycles. The number of aromatic amines is 1. The highest BCUT2D eigenvalue weighted by molar-refractivity contribution is 6.41. The van der Waals surface area contributed by atoms with E-state index in [0.717, 1.165) is 4.90 Å². The van der Waals surface area contributed by atoms with Crippen molar-refractivity contribution in [2.75, 3.05) is 13.1 Å². The lowest BCUT2D eigenvalue weighted by atomic mass is 9.95. The maximum absolute atomic E-state index is 12.9. The van der Waals surface area contributed by atoms with Crippen LogP contribution in [0, 0.1) is 11.8 Å². The summed E-state index contributed by atoms with van der Waals surface area (Å²) in [4.78, 5) is 26.6. The Balaban J connectivity index is 2.22. The highest BCUT2D eigenvalue weighted by Crippen LogP contribution is 2.38. The molecule has 0 unspecified atom stereocenters. The molecule has 116 valence electrons. The second kappa shape index (κ2) is 5.42. The Kier molecular flexibility index (Phi) is 4.12. The van der Waals surface area contributed by atoms with Crippen LogP contribution in [0.1, 0.15) is 10.5 Å². The van der Waals surface area contributed by atoms with Crippen molar-refractivity contribution in [1.82, 2.24) is 9.88 Å². The number of nitrogens with one attached hydrogen (secondary N) is 1. The van der Waals surface area contributed by atoms with E-state index < -0.39 is 42.9 Å². The lowest BCUT2D eigenvalue weighted by Crippen LogP contribution is -2.37. The van der Waals surface area contributed by atoms with Crippen LogP contribution in [-0.4, -0.2) is 41.0 Å². The SMILES string of the molecule is NC(=O)[C@@H]1CN(C(=O)c2cc(Cl)c(Cl)[nH]2)C[C@H]1C(F)(F)F. The Bertz CT molecular complexity index is 568. The summed E-state index contributed by atoms with van der Waals surface area (Å²) in [6.45, 7) is -1.03. The fourth-order valence-corrected chi connectivity index (χ4v) is 2.59. The topological polar surface area (TPSA) is 79.2 Å². The van der Waals surface area contributed by atoms with Crippen LogP contribution in [0.15, 0.2) is 6.07 Å². The average molecular weight is 344 g/mol. The van der Waals surface area contributed by atoms with Gasteiger partial charge in [-0.25, -0.2) is 0 Å². The zero-order chi connectivity index (χ0) is 15.9. The number of likely N-dealkylation sites (tertiary alicyclic amines) is 1. The van der Waals surface area contributed by atoms with Gasteiger partial charge in [0.05, 0.1) is 16.9 Å². The standard InChI is InChI=1S/C11H10Cl2F3N3O2/c12-6-1-7(18-8(6)13)10(21)19-2-4(9(17)20)5(3-19)11(14,15)16/h1,4-5,18H,2-3H2,(H2,17,20)/t4-,5-/m1/s1. The molecule has 21 heavy (non-hydrogen) atoms. The third kappa shape index (κ3) is 3.11. The Morgan fingerprint density at radius 1 is 1.33 bits per heavy atom. The molecule has 0 aliphatic carbocycles. The van der Waals surface area contributed by atoms with Crippen molar-refractivity contribution in [2.45, 2.75) is 6.18 Å². The summed E-state index contributed by atoms with van der Waals surface area (Å²) >= 11 is 11.3. The third-order valence-electron chi connectivity index (χ3n) is 3.35. The van der Waals surface area contributed by atoms with Gasteiger partial charge in [-0.2, -0.15) is 13.2 Å². The number of rotatable bonds is 2. The zero-order valence-corrected chi connectivity index (χ0v) is 11.9. The number of alkyl halides is 3. The summed E-state index contributed by atoms with van der Waals surface area (Å²) < 4.78 is 38.6. The molecule has 10 heteroatoms. The fourth-order valence-electron chi connectivity index (χ4n) is 2.28. The van der Waals surface area contributed by atoms with Crippen LogP contribution in [0.25, 0.3) is 0 Å². The van der Waals surface area contributed by atoms with E-state index in [1.54, 1.807) is 0 Å². The van der Waals surface area contributed by atoms with Crippen LogP contribution < -0.4 is 5.73 Å². The van der Waals surface area contributed by atoms with Gasteiger partial charge in [0.2, 0.25) is 5.91 Å². The number of hydrogen-bond donors (Lipinski definition) is 2. The lowest BCUT2D eigenvalue weighted by molar-refractivity contribution is -0.182. The van der Waals surface area contributed by atoms with Crippen LogP contribution in [0.2, 0.25) is 10.2 Å². The summed E-state index contributed by atoms with van der Waals surface area (Å²) in [5.74, 6) is -5.24. The summed E-state index contributed by atoms with van der Waals surface area (Å²) in [6.07, 6.45) is -4.61. The second-order valence-corrected chi connectivity index (χ2v) is 5.50. The first-order valence-electron chi connectivity index (χ1n) is 5.80. The number of H-pyrrole nitrogens is 1. The summed E-state index contributed by atoms with van der Waals surface area (Å²) in [5, 5.41) is 0.0936. The third-order valence-corrected chi connectivity index (χ3v) is 4.04. The molecule has 5 nitrogen and oxygen atoms in total. The van der Waals surface area contributed by atoms with Crippen molar-refractivity contribution in [3.8, 4) is 0 Å². The monoisotopic (exact) mass is 343 g/mol. The predicted octanol–water partition coefficient (Wildman–Crippen LogP) is 2.06. The fraction of sp³-hybridized carbons (Fsp3) is 0.455. The Hall–Kier alpha value is -1.41. The second-order valence-electron chi connectivity index (χ2n) is 4.71. The van der Waals surface area contributed by atoms with E-state index in [9.17, 15) is 22.8 Å². The van der Waals surface area contributed by atoms with Gasteiger partial charge in [-0.05, 0) is 6.07 Å². The maximum atomic E-state index is 12.9. The van der Waals surface area contributed by atoms with Gasteiger partial charge in [0.15, 0.2) is 0 Å². The number of primary amides is 1. The van der Waals surface area contributed by atoms with Crippen molar-refractivity contribution < 1.29 is 22.8 Å². The van der Waals surface area contributed by atoms with Gasteiger partial charge < -0.3 is 15.6 Å². The summed E-state index contributed by atoms with van der Waals surface area (Å²) in [6, 6.07) is 1.21. The van der Waals surface area contributed by atoms with Crippen molar-refractivity contribution in [3.05, 3.63) is 21.9 Å². The molecule has 1 aliphatic rings. The summed E-state index contributed by atoms with van der Waals surface area (Å²) in [5.41, 5.74) is 4.94. The molecular formula is C11H10Cl2F3N3O2. The van der Waals surface area contributed by atoms with E-state index in [1.807, 2.05) is 0 Å². The molecule has 1 fully saturated rings. The molecule has 0 spiro atoms. The van der Waals surface area contributed by atoms with E-state index in [2.05, 4.69) is 4.98 Å². The van der Waals surface area contributed by atoms with E-state index in [4.69, 9.17) is 28.9 Å². The molecule has 1 aromatic rings. The minimum atomic E-state index is -4.61.